The summed E-state index contributed by atoms with van der Waals surface area (Å²) >= 11 is 0. The van der Waals surface area contributed by atoms with Gasteiger partial charge >= 0.3 is 12.1 Å². The summed E-state index contributed by atoms with van der Waals surface area (Å²) in [6.07, 6.45) is -3.94. The molecule has 9 nitrogen and oxygen atoms in total. The Morgan fingerprint density at radius 1 is 1.05 bits per heavy atom. The molecule has 1 unspecified atom stereocenters. The monoisotopic (exact) mass is 570 g/mol. The number of benzene rings is 2. The summed E-state index contributed by atoms with van der Waals surface area (Å²) in [6.45, 7) is 5.15. The van der Waals surface area contributed by atoms with Crippen molar-refractivity contribution in [3.8, 4) is 34.3 Å². The zero-order valence-corrected chi connectivity index (χ0v) is 22.4. The average Bonchev–Trinajstić information content (AvgIpc) is 3.62. The molecule has 0 bridgehead atoms. The van der Waals surface area contributed by atoms with Gasteiger partial charge in [0.2, 0.25) is 11.6 Å². The van der Waals surface area contributed by atoms with E-state index in [-0.39, 0.29) is 23.0 Å². The zero-order chi connectivity index (χ0) is 29.4. The molecule has 2 N–H and O–H groups in total. The van der Waals surface area contributed by atoms with Gasteiger partial charge in [-0.05, 0) is 44.7 Å². The molecule has 0 saturated carbocycles. The van der Waals surface area contributed by atoms with Gasteiger partial charge in [0.1, 0.15) is 11.3 Å². The predicted octanol–water partition coefficient (Wildman–Crippen LogP) is 5.93. The molecular formula is C29H29F3N4O5. The van der Waals surface area contributed by atoms with E-state index in [1.54, 1.807) is 56.3 Å². The van der Waals surface area contributed by atoms with Crippen LogP contribution >= 0.6 is 0 Å². The molecule has 0 amide bonds. The number of carbonyl (C=O) groups is 1. The molecule has 3 heterocycles. The fourth-order valence-corrected chi connectivity index (χ4v) is 5.11. The van der Waals surface area contributed by atoms with Crippen molar-refractivity contribution in [3.05, 3.63) is 65.7 Å². The highest BCUT2D eigenvalue weighted by Crippen LogP contribution is 2.43. The van der Waals surface area contributed by atoms with Crippen LogP contribution in [-0.4, -0.2) is 56.0 Å². The minimum absolute atomic E-state index is 0.0262. The maximum Gasteiger partial charge on any atom is 0.422 e. The van der Waals surface area contributed by atoms with E-state index in [4.69, 9.17) is 9.05 Å². The van der Waals surface area contributed by atoms with Gasteiger partial charge in [-0.2, -0.15) is 18.2 Å². The second-order valence-corrected chi connectivity index (χ2v) is 10.8. The van der Waals surface area contributed by atoms with Crippen LogP contribution in [-0.2, 0) is 11.0 Å². The number of nitrogens with zero attached hydrogens (tertiary/aromatic N) is 4. The lowest BCUT2D eigenvalue weighted by molar-refractivity contribution is -0.151. The Bertz CT molecular complexity index is 1500. The summed E-state index contributed by atoms with van der Waals surface area (Å²) in [5.41, 5.74) is -1.02. The van der Waals surface area contributed by atoms with Crippen molar-refractivity contribution in [1.29, 1.82) is 0 Å². The third-order valence-corrected chi connectivity index (χ3v) is 7.71. The molecule has 0 aliphatic carbocycles. The van der Waals surface area contributed by atoms with E-state index < -0.39 is 40.9 Å². The number of β-amino-alcohol motifs (C(OH)–C–C–N with tert-alkyl or cyclic N) is 1. The smallest absolute Gasteiger partial charge is 0.422 e. The Labute approximate surface area is 233 Å². The van der Waals surface area contributed by atoms with Gasteiger partial charge in [0.05, 0.1) is 11.5 Å². The first-order valence-electron chi connectivity index (χ1n) is 13.2. The van der Waals surface area contributed by atoms with E-state index in [0.717, 1.165) is 19.4 Å². The van der Waals surface area contributed by atoms with Crippen LogP contribution in [0.4, 0.5) is 13.2 Å². The van der Waals surface area contributed by atoms with Gasteiger partial charge in [-0.1, -0.05) is 64.9 Å². The minimum atomic E-state index is -4.79. The highest BCUT2D eigenvalue weighted by atomic mass is 19.4. The number of rotatable bonds is 8. The van der Waals surface area contributed by atoms with Gasteiger partial charge in [-0.25, -0.2) is 0 Å². The number of hydrogen-bond donors (Lipinski definition) is 2. The third kappa shape index (κ3) is 5.89. The van der Waals surface area contributed by atoms with Crippen LogP contribution in [0, 0.1) is 11.3 Å². The first-order valence-corrected chi connectivity index (χ1v) is 13.2. The standard InChI is InChI=1S/C29H29F3N4O5/c1-28(2,27(38)39)20-9-6-14-36(15-20)16-21(37)17-10-12-19(13-11-17)25-33-26(41-35-25)24-22(29(30,31)32)23(34-40-24)18-7-4-3-5-8-18/h3-5,7-8,10-13,20-21,37H,6,9,14-16H2,1-2H3,(H,38,39)/t20?,21-/m1/s1. The maximum absolute atomic E-state index is 14.0. The van der Waals surface area contributed by atoms with E-state index in [1.165, 1.54) is 12.1 Å². The van der Waals surface area contributed by atoms with E-state index >= 15 is 0 Å². The minimum Gasteiger partial charge on any atom is -0.481 e. The first kappa shape index (κ1) is 28.5. The Morgan fingerprint density at radius 2 is 1.76 bits per heavy atom. The van der Waals surface area contributed by atoms with Crippen molar-refractivity contribution in [2.45, 2.75) is 39.0 Å². The number of carboxylic acids is 1. The van der Waals surface area contributed by atoms with Crippen molar-refractivity contribution in [2.75, 3.05) is 19.6 Å². The Morgan fingerprint density at radius 3 is 2.41 bits per heavy atom. The average molecular weight is 571 g/mol. The molecule has 1 aliphatic rings. The number of likely N-dealkylation sites (tertiary alicyclic amines) is 1. The van der Waals surface area contributed by atoms with Crippen LogP contribution in [0.5, 0.6) is 0 Å². The molecule has 1 fully saturated rings. The number of alkyl halides is 3. The number of aromatic nitrogens is 3. The normalized spacial score (nSPS) is 17.5. The SMILES string of the molecule is CC(C)(C(=O)O)C1CCCN(C[C@@H](O)c2ccc(-c3noc(-c4onc(-c5ccccc5)c4C(F)(F)F)n3)cc2)C1. The van der Waals surface area contributed by atoms with Gasteiger partial charge in [0, 0.05) is 24.2 Å². The fraction of sp³-hybridized carbons (Fsp3) is 0.379. The summed E-state index contributed by atoms with van der Waals surface area (Å²) in [7, 11) is 0. The van der Waals surface area contributed by atoms with Crippen LogP contribution in [0.1, 0.15) is 43.9 Å². The number of halogens is 3. The molecule has 2 aromatic carbocycles. The highest BCUT2D eigenvalue weighted by molar-refractivity contribution is 5.74. The van der Waals surface area contributed by atoms with Crippen molar-refractivity contribution in [2.24, 2.45) is 11.3 Å². The molecule has 1 saturated heterocycles. The molecule has 2 atom stereocenters. The fourth-order valence-electron chi connectivity index (χ4n) is 5.11. The van der Waals surface area contributed by atoms with Crippen molar-refractivity contribution >= 4 is 5.97 Å². The van der Waals surface area contributed by atoms with E-state index in [9.17, 15) is 28.2 Å². The molecule has 0 spiro atoms. The number of aliphatic carboxylic acids is 1. The lowest BCUT2D eigenvalue weighted by atomic mass is 9.74. The van der Waals surface area contributed by atoms with E-state index in [2.05, 4.69) is 20.2 Å². The van der Waals surface area contributed by atoms with Crippen molar-refractivity contribution < 1.29 is 37.2 Å². The van der Waals surface area contributed by atoms with Crippen LogP contribution in [0.3, 0.4) is 0 Å². The number of aliphatic hydroxyl groups excluding tert-OH is 1. The topological polar surface area (TPSA) is 126 Å². The highest BCUT2D eigenvalue weighted by Gasteiger charge is 2.43. The molecule has 1 aliphatic heterocycles. The summed E-state index contributed by atoms with van der Waals surface area (Å²) in [5.74, 6) is -1.95. The summed E-state index contributed by atoms with van der Waals surface area (Å²) in [4.78, 5) is 17.9. The van der Waals surface area contributed by atoms with Gasteiger partial charge in [0.15, 0.2) is 0 Å². The molecule has 12 heteroatoms. The lowest BCUT2D eigenvalue weighted by Gasteiger charge is -2.39. The largest absolute Gasteiger partial charge is 0.481 e. The maximum atomic E-state index is 14.0. The Kier molecular flexibility index (Phi) is 7.71. The molecule has 0 radical (unpaired) electrons. The molecular weight excluding hydrogens is 541 g/mol. The van der Waals surface area contributed by atoms with Crippen LogP contribution in [0.25, 0.3) is 34.3 Å². The van der Waals surface area contributed by atoms with E-state index in [1.807, 2.05) is 0 Å². The van der Waals surface area contributed by atoms with Gasteiger partial charge in [0.25, 0.3) is 5.89 Å². The Hall–Kier alpha value is -4.03. The van der Waals surface area contributed by atoms with Gasteiger partial charge < -0.3 is 24.2 Å². The van der Waals surface area contributed by atoms with E-state index in [0.29, 0.717) is 24.2 Å². The Balaban J connectivity index is 1.31. The van der Waals surface area contributed by atoms with Crippen LogP contribution in [0.15, 0.2) is 63.6 Å². The van der Waals surface area contributed by atoms with Gasteiger partial charge in [-0.15, -0.1) is 0 Å². The summed E-state index contributed by atoms with van der Waals surface area (Å²) < 4.78 is 52.2. The van der Waals surface area contributed by atoms with Crippen molar-refractivity contribution in [3.63, 3.8) is 0 Å². The molecule has 2 aromatic heterocycles. The third-order valence-electron chi connectivity index (χ3n) is 7.71. The number of hydrogen-bond acceptors (Lipinski definition) is 8. The number of piperidine rings is 1. The summed E-state index contributed by atoms with van der Waals surface area (Å²) in [5, 5.41) is 27.9. The zero-order valence-electron chi connectivity index (χ0n) is 22.4. The first-order chi connectivity index (χ1) is 19.4. The number of carboxylic acid groups (broad SMARTS) is 1. The quantitative estimate of drug-likeness (QED) is 0.265. The molecule has 41 heavy (non-hydrogen) atoms. The second-order valence-electron chi connectivity index (χ2n) is 10.8. The molecule has 5 rings (SSSR count). The molecule has 216 valence electrons. The van der Waals surface area contributed by atoms with Gasteiger partial charge in [-0.3, -0.25) is 4.79 Å². The van der Waals surface area contributed by atoms with Crippen LogP contribution < -0.4 is 0 Å². The molecule has 4 aromatic rings. The second kappa shape index (κ2) is 11.1. The van der Waals surface area contributed by atoms with Crippen LogP contribution in [0.2, 0.25) is 0 Å². The lowest BCUT2D eigenvalue weighted by Crippen LogP contribution is -2.45. The predicted molar refractivity (Wildman–Crippen MR) is 141 cm³/mol. The van der Waals surface area contributed by atoms with Crippen molar-refractivity contribution in [1.82, 2.24) is 20.2 Å². The number of aliphatic hydroxyl groups is 1. The summed E-state index contributed by atoms with van der Waals surface area (Å²) in [6, 6.07) is 14.5.